The molecule has 0 saturated carbocycles. The largest absolute Gasteiger partial charge is 0.391 e. The molecule has 4 atom stereocenters. The monoisotopic (exact) mass is 633 g/mol. The summed E-state index contributed by atoms with van der Waals surface area (Å²) in [7, 11) is 0. The van der Waals surface area contributed by atoms with Crippen LogP contribution in [0.15, 0.2) is 60.8 Å². The fraction of sp³-hybridized carbons (Fsp3) is 0.455. The molecule has 3 aromatic rings. The molecule has 4 rings (SSSR count). The van der Waals surface area contributed by atoms with Crippen LogP contribution in [0, 0.1) is 5.41 Å². The average Bonchev–Trinajstić information content (AvgIpc) is 3.63. The van der Waals surface area contributed by atoms with Crippen molar-refractivity contribution in [2.45, 2.75) is 71.4 Å². The number of aliphatic hydroxyl groups is 1. The van der Waals surface area contributed by atoms with E-state index < -0.39 is 47.4 Å². The first kappa shape index (κ1) is 34.3. The number of amides is 4. The number of carbonyl (C=O) groups is 4. The maximum Gasteiger partial charge on any atom is 0.248 e. The van der Waals surface area contributed by atoms with Crippen LogP contribution in [-0.4, -0.2) is 86.5 Å². The second kappa shape index (κ2) is 15.1. The maximum atomic E-state index is 14.1. The third-order valence-electron chi connectivity index (χ3n) is 7.77. The normalized spacial score (nSPS) is 17.7. The van der Waals surface area contributed by atoms with Crippen molar-refractivity contribution in [3.05, 3.63) is 72.1 Å². The van der Waals surface area contributed by atoms with Gasteiger partial charge in [0.2, 0.25) is 23.6 Å². The molecule has 2 heterocycles. The van der Waals surface area contributed by atoms with Gasteiger partial charge in [0.1, 0.15) is 23.8 Å². The summed E-state index contributed by atoms with van der Waals surface area (Å²) in [6.45, 7) is 7.73. The summed E-state index contributed by atoms with van der Waals surface area (Å²) < 4.78 is 6.99. The van der Waals surface area contributed by atoms with Gasteiger partial charge >= 0.3 is 0 Å². The standard InChI is InChI=1S/C33H43N7O6/c1-21(41)35-14-15-46-20-25-18-40(38-37-25)29(33(2,3)4)32(45)39-19-26(42)17-28(39)31(44)36-27(30(34)43)16-22-10-12-24(13-11-22)23-8-6-5-7-9-23/h5-13,18,26-29,42H,14-17,19-20H2,1-4H3,(H2,34,43)(H,35,41)(H,36,44)/t26-,27-,28+,29-/m1/s1. The molecule has 246 valence electrons. The molecule has 1 aliphatic heterocycles. The Morgan fingerprint density at radius 1 is 1.07 bits per heavy atom. The van der Waals surface area contributed by atoms with Gasteiger partial charge in [-0.1, -0.05) is 80.6 Å². The lowest BCUT2D eigenvalue weighted by Gasteiger charge is -2.34. The first-order valence-electron chi connectivity index (χ1n) is 15.3. The first-order chi connectivity index (χ1) is 21.8. The van der Waals surface area contributed by atoms with Gasteiger partial charge in [0.15, 0.2) is 0 Å². The highest BCUT2D eigenvalue weighted by Gasteiger charge is 2.45. The van der Waals surface area contributed by atoms with E-state index in [1.807, 2.05) is 75.4 Å². The summed E-state index contributed by atoms with van der Waals surface area (Å²) in [6.07, 6.45) is 0.857. The third kappa shape index (κ3) is 8.98. The molecule has 4 amide bonds. The molecule has 13 nitrogen and oxygen atoms in total. The van der Waals surface area contributed by atoms with Crippen LogP contribution in [0.4, 0.5) is 0 Å². The number of primary amides is 1. The molecular weight excluding hydrogens is 590 g/mol. The first-order valence-corrected chi connectivity index (χ1v) is 15.3. The Kier molecular flexibility index (Phi) is 11.3. The molecule has 2 aromatic carbocycles. The molecule has 1 aromatic heterocycles. The van der Waals surface area contributed by atoms with E-state index in [0.717, 1.165) is 16.7 Å². The number of carbonyl (C=O) groups excluding carboxylic acids is 4. The van der Waals surface area contributed by atoms with Crippen molar-refractivity contribution >= 4 is 23.6 Å². The number of nitrogens with two attached hydrogens (primary N) is 1. The van der Waals surface area contributed by atoms with Crippen molar-refractivity contribution < 1.29 is 29.0 Å². The van der Waals surface area contributed by atoms with E-state index in [-0.39, 0.29) is 38.5 Å². The number of nitrogens with one attached hydrogen (secondary N) is 2. The molecule has 0 bridgehead atoms. The van der Waals surface area contributed by atoms with Crippen LogP contribution in [0.25, 0.3) is 11.1 Å². The Morgan fingerprint density at radius 2 is 1.74 bits per heavy atom. The van der Waals surface area contributed by atoms with E-state index in [1.54, 1.807) is 6.20 Å². The second-order valence-corrected chi connectivity index (χ2v) is 12.6. The van der Waals surface area contributed by atoms with Crippen LogP contribution in [-0.2, 0) is 36.9 Å². The van der Waals surface area contributed by atoms with Gasteiger partial charge in [-0.05, 0) is 22.1 Å². The smallest absolute Gasteiger partial charge is 0.248 e. The lowest BCUT2D eigenvalue weighted by molar-refractivity contribution is -0.144. The molecule has 13 heteroatoms. The van der Waals surface area contributed by atoms with Gasteiger partial charge in [0, 0.05) is 32.9 Å². The minimum atomic E-state index is -1.02. The van der Waals surface area contributed by atoms with E-state index >= 15 is 0 Å². The molecule has 1 fully saturated rings. The predicted octanol–water partition coefficient (Wildman–Crippen LogP) is 1.36. The summed E-state index contributed by atoms with van der Waals surface area (Å²) in [5, 5.41) is 24.2. The number of β-amino-alcohol motifs (C(OH)–C–C–N with tert-alkyl or cyclic N) is 1. The highest BCUT2D eigenvalue weighted by Crippen LogP contribution is 2.34. The predicted molar refractivity (Wildman–Crippen MR) is 170 cm³/mol. The summed E-state index contributed by atoms with van der Waals surface area (Å²) >= 11 is 0. The zero-order valence-corrected chi connectivity index (χ0v) is 26.7. The van der Waals surface area contributed by atoms with E-state index in [9.17, 15) is 24.3 Å². The van der Waals surface area contributed by atoms with Gasteiger partial charge in [-0.15, -0.1) is 5.10 Å². The molecule has 0 unspecified atom stereocenters. The maximum absolute atomic E-state index is 14.1. The number of rotatable bonds is 13. The second-order valence-electron chi connectivity index (χ2n) is 12.6. The summed E-state index contributed by atoms with van der Waals surface area (Å²) in [6, 6.07) is 14.6. The molecular formula is C33H43N7O6. The number of hydrogen-bond donors (Lipinski definition) is 4. The lowest BCUT2D eigenvalue weighted by atomic mass is 9.85. The van der Waals surface area contributed by atoms with Crippen molar-refractivity contribution in [2.75, 3.05) is 19.7 Å². The average molecular weight is 634 g/mol. The van der Waals surface area contributed by atoms with Gasteiger partial charge in [-0.25, -0.2) is 4.68 Å². The minimum Gasteiger partial charge on any atom is -0.391 e. The third-order valence-corrected chi connectivity index (χ3v) is 7.77. The number of likely N-dealkylation sites (tertiary alicyclic amines) is 1. The van der Waals surface area contributed by atoms with Crippen molar-refractivity contribution in [1.82, 2.24) is 30.5 Å². The summed E-state index contributed by atoms with van der Waals surface area (Å²) in [5.74, 6) is -1.86. The summed E-state index contributed by atoms with van der Waals surface area (Å²) in [5.41, 5.74) is 8.40. The summed E-state index contributed by atoms with van der Waals surface area (Å²) in [4.78, 5) is 52.4. The quantitative estimate of drug-likeness (QED) is 0.204. The van der Waals surface area contributed by atoms with Gasteiger partial charge < -0.3 is 31.1 Å². The van der Waals surface area contributed by atoms with Crippen LogP contribution in [0.1, 0.15) is 51.4 Å². The van der Waals surface area contributed by atoms with Crippen LogP contribution < -0.4 is 16.4 Å². The van der Waals surface area contributed by atoms with Crippen LogP contribution in [0.3, 0.4) is 0 Å². The highest BCUT2D eigenvalue weighted by molar-refractivity contribution is 5.93. The van der Waals surface area contributed by atoms with Crippen LogP contribution >= 0.6 is 0 Å². The van der Waals surface area contributed by atoms with Gasteiger partial charge in [0.05, 0.1) is 25.5 Å². The molecule has 0 radical (unpaired) electrons. The molecule has 0 aliphatic carbocycles. The van der Waals surface area contributed by atoms with Gasteiger partial charge in [-0.3, -0.25) is 19.2 Å². The molecule has 46 heavy (non-hydrogen) atoms. The Morgan fingerprint density at radius 3 is 2.37 bits per heavy atom. The number of aromatic nitrogens is 3. The fourth-order valence-electron chi connectivity index (χ4n) is 5.52. The van der Waals surface area contributed by atoms with E-state index in [2.05, 4.69) is 20.9 Å². The Hall–Kier alpha value is -4.62. The molecule has 5 N–H and O–H groups in total. The number of nitrogens with zero attached hydrogens (tertiary/aromatic N) is 4. The number of hydrogen-bond acceptors (Lipinski definition) is 8. The van der Waals surface area contributed by atoms with Gasteiger partial charge in [0.25, 0.3) is 0 Å². The van der Waals surface area contributed by atoms with Gasteiger partial charge in [-0.2, -0.15) is 0 Å². The van der Waals surface area contributed by atoms with Crippen LogP contribution in [0.5, 0.6) is 0 Å². The minimum absolute atomic E-state index is 0.0104. The molecule has 1 aliphatic rings. The SMILES string of the molecule is CC(=O)NCCOCc1cn([C@H](C(=O)N2C[C@H](O)C[C@H]2C(=O)N[C@H](Cc2ccc(-c3ccccc3)cc2)C(N)=O)C(C)(C)C)nn1. The zero-order chi connectivity index (χ0) is 33.4. The Bertz CT molecular complexity index is 1500. The van der Waals surface area contributed by atoms with Crippen molar-refractivity contribution in [2.24, 2.45) is 11.1 Å². The van der Waals surface area contributed by atoms with Crippen molar-refractivity contribution in [1.29, 1.82) is 0 Å². The fourth-order valence-corrected chi connectivity index (χ4v) is 5.52. The van der Waals surface area contributed by atoms with E-state index in [0.29, 0.717) is 12.2 Å². The molecule has 1 saturated heterocycles. The Balaban J connectivity index is 1.44. The number of ether oxygens (including phenoxy) is 1. The molecule has 0 spiro atoms. The zero-order valence-electron chi connectivity index (χ0n) is 26.7. The lowest BCUT2D eigenvalue weighted by Crippen LogP contribution is -2.54. The van der Waals surface area contributed by atoms with Crippen LogP contribution in [0.2, 0.25) is 0 Å². The topological polar surface area (TPSA) is 182 Å². The van der Waals surface area contributed by atoms with Crippen molar-refractivity contribution in [3.8, 4) is 11.1 Å². The highest BCUT2D eigenvalue weighted by atomic mass is 16.5. The van der Waals surface area contributed by atoms with E-state index in [1.165, 1.54) is 16.5 Å². The number of benzene rings is 2. The Labute approximate surface area is 268 Å². The van der Waals surface area contributed by atoms with E-state index in [4.69, 9.17) is 10.5 Å². The van der Waals surface area contributed by atoms with Crippen molar-refractivity contribution in [3.63, 3.8) is 0 Å². The number of aliphatic hydroxyl groups excluding tert-OH is 1.